The van der Waals surface area contributed by atoms with Crippen molar-refractivity contribution in [2.75, 3.05) is 18.0 Å². The van der Waals surface area contributed by atoms with Gasteiger partial charge < -0.3 is 9.42 Å². The Morgan fingerprint density at radius 2 is 1.96 bits per heavy atom. The third-order valence-electron chi connectivity index (χ3n) is 4.67. The minimum Gasteiger partial charge on any atom is -0.346 e. The number of rotatable bonds is 3. The summed E-state index contributed by atoms with van der Waals surface area (Å²) >= 11 is 1.45. The fourth-order valence-electron chi connectivity index (χ4n) is 3.12. The van der Waals surface area contributed by atoms with Crippen molar-refractivity contribution in [3.05, 3.63) is 41.8 Å². The van der Waals surface area contributed by atoms with Gasteiger partial charge in [0.25, 0.3) is 0 Å². The molecule has 1 aliphatic heterocycles. The maximum Gasteiger partial charge on any atom is 0.231 e. The van der Waals surface area contributed by atoms with Crippen molar-refractivity contribution in [2.24, 2.45) is 0 Å². The molecule has 1 aromatic carbocycles. The Morgan fingerprint density at radius 3 is 2.67 bits per heavy atom. The average molecular weight is 387 g/mol. The summed E-state index contributed by atoms with van der Waals surface area (Å²) in [6, 6.07) is 6.12. The predicted octanol–water partition coefficient (Wildman–Crippen LogP) is 4.41. The molecule has 27 heavy (non-hydrogen) atoms. The standard InChI is InChI=1S/C19H22FN5OS/c1-19(2,3)17-22-18(27-24-17)25-10-4-5-13(11-25)16-21-15(23-26-16)12-6-8-14(20)9-7-12/h6-9,13H,4-5,10-11H2,1-3H3. The van der Waals surface area contributed by atoms with Crippen molar-refractivity contribution >= 4 is 16.7 Å². The first-order chi connectivity index (χ1) is 12.9. The highest BCUT2D eigenvalue weighted by atomic mass is 32.1. The van der Waals surface area contributed by atoms with Gasteiger partial charge in [0, 0.05) is 35.6 Å². The third kappa shape index (κ3) is 3.85. The molecule has 3 heterocycles. The molecular formula is C19H22FN5OS. The van der Waals surface area contributed by atoms with Gasteiger partial charge >= 0.3 is 0 Å². The van der Waals surface area contributed by atoms with Gasteiger partial charge in [-0.3, -0.25) is 0 Å². The Kier molecular flexibility index (Phi) is 4.67. The highest BCUT2D eigenvalue weighted by Crippen LogP contribution is 2.32. The monoisotopic (exact) mass is 387 g/mol. The van der Waals surface area contributed by atoms with Gasteiger partial charge in [-0.25, -0.2) is 9.37 Å². The van der Waals surface area contributed by atoms with E-state index in [2.05, 4.69) is 40.2 Å². The van der Waals surface area contributed by atoms with Crippen LogP contribution >= 0.6 is 11.5 Å². The summed E-state index contributed by atoms with van der Waals surface area (Å²) < 4.78 is 23.1. The van der Waals surface area contributed by atoms with E-state index >= 15 is 0 Å². The van der Waals surface area contributed by atoms with E-state index in [1.54, 1.807) is 12.1 Å². The van der Waals surface area contributed by atoms with Crippen molar-refractivity contribution in [1.29, 1.82) is 0 Å². The van der Waals surface area contributed by atoms with Crippen molar-refractivity contribution in [3.8, 4) is 11.4 Å². The molecule has 1 atom stereocenters. The third-order valence-corrected chi connectivity index (χ3v) is 5.45. The van der Waals surface area contributed by atoms with E-state index in [1.165, 1.54) is 23.7 Å². The molecule has 2 aromatic heterocycles. The van der Waals surface area contributed by atoms with Crippen LogP contribution in [0.3, 0.4) is 0 Å². The molecule has 4 rings (SSSR count). The molecule has 6 nitrogen and oxygen atoms in total. The first-order valence-corrected chi connectivity index (χ1v) is 9.86. The molecule has 0 spiro atoms. The Balaban J connectivity index is 1.50. The van der Waals surface area contributed by atoms with Crippen LogP contribution in [0.4, 0.5) is 9.52 Å². The molecule has 0 N–H and O–H groups in total. The van der Waals surface area contributed by atoms with Gasteiger partial charge in [-0.1, -0.05) is 25.9 Å². The smallest absolute Gasteiger partial charge is 0.231 e. The van der Waals surface area contributed by atoms with Crippen LogP contribution < -0.4 is 4.90 Å². The van der Waals surface area contributed by atoms with Crippen LogP contribution in [0.5, 0.6) is 0 Å². The number of aromatic nitrogens is 4. The lowest BCUT2D eigenvalue weighted by atomic mass is 9.96. The van der Waals surface area contributed by atoms with Gasteiger partial charge in [-0.15, -0.1) is 0 Å². The minimum absolute atomic E-state index is 0.0551. The molecule has 0 aliphatic carbocycles. The number of halogens is 1. The van der Waals surface area contributed by atoms with Crippen molar-refractivity contribution in [1.82, 2.24) is 19.5 Å². The highest BCUT2D eigenvalue weighted by Gasteiger charge is 2.29. The summed E-state index contributed by atoms with van der Waals surface area (Å²) in [6.45, 7) is 8.09. The molecule has 3 aromatic rings. The van der Waals surface area contributed by atoms with Crippen LogP contribution in [-0.2, 0) is 5.41 Å². The second-order valence-electron chi connectivity index (χ2n) is 7.90. The molecule has 0 radical (unpaired) electrons. The van der Waals surface area contributed by atoms with Gasteiger partial charge in [0.2, 0.25) is 16.8 Å². The molecule has 1 aliphatic rings. The first kappa shape index (κ1) is 18.0. The van der Waals surface area contributed by atoms with Crippen LogP contribution in [0.1, 0.15) is 51.2 Å². The molecular weight excluding hydrogens is 365 g/mol. The Hall–Kier alpha value is -2.35. The molecule has 1 fully saturated rings. The molecule has 0 amide bonds. The molecule has 1 unspecified atom stereocenters. The summed E-state index contributed by atoms with van der Waals surface area (Å²) in [5, 5.41) is 5.02. The highest BCUT2D eigenvalue weighted by molar-refractivity contribution is 7.09. The number of hydrogen-bond acceptors (Lipinski definition) is 7. The van der Waals surface area contributed by atoms with Crippen molar-refractivity contribution < 1.29 is 8.91 Å². The van der Waals surface area contributed by atoms with Gasteiger partial charge in [-0.05, 0) is 37.1 Å². The quantitative estimate of drug-likeness (QED) is 0.663. The van der Waals surface area contributed by atoms with Gasteiger partial charge in [0.1, 0.15) is 11.6 Å². The fourth-order valence-corrected chi connectivity index (χ4v) is 4.01. The van der Waals surface area contributed by atoms with E-state index in [9.17, 15) is 4.39 Å². The van der Waals surface area contributed by atoms with Gasteiger partial charge in [0.05, 0.1) is 5.92 Å². The maximum absolute atomic E-state index is 13.1. The molecule has 0 saturated carbocycles. The summed E-state index contributed by atoms with van der Waals surface area (Å²) in [4.78, 5) is 11.5. The van der Waals surface area contributed by atoms with Crippen LogP contribution in [0.2, 0.25) is 0 Å². The Morgan fingerprint density at radius 1 is 1.19 bits per heavy atom. The number of nitrogens with zero attached hydrogens (tertiary/aromatic N) is 5. The van der Waals surface area contributed by atoms with Crippen molar-refractivity contribution in [2.45, 2.75) is 44.9 Å². The number of anilines is 1. The second-order valence-corrected chi connectivity index (χ2v) is 8.63. The van der Waals surface area contributed by atoms with E-state index in [4.69, 9.17) is 9.51 Å². The van der Waals surface area contributed by atoms with Crippen LogP contribution in [-0.4, -0.2) is 32.6 Å². The molecule has 8 heteroatoms. The number of hydrogen-bond donors (Lipinski definition) is 0. The summed E-state index contributed by atoms with van der Waals surface area (Å²) in [5.74, 6) is 1.87. The van der Waals surface area contributed by atoms with Crippen LogP contribution in [0.15, 0.2) is 28.8 Å². The zero-order chi connectivity index (χ0) is 19.0. The molecule has 0 bridgehead atoms. The largest absolute Gasteiger partial charge is 0.346 e. The topological polar surface area (TPSA) is 67.9 Å². The van der Waals surface area contributed by atoms with Gasteiger partial charge in [0.15, 0.2) is 0 Å². The Bertz CT molecular complexity index is 915. The maximum atomic E-state index is 13.1. The second kappa shape index (κ2) is 6.99. The lowest BCUT2D eigenvalue weighted by Gasteiger charge is -2.30. The lowest BCUT2D eigenvalue weighted by Crippen LogP contribution is -2.34. The first-order valence-electron chi connectivity index (χ1n) is 9.09. The number of piperidine rings is 1. The summed E-state index contributed by atoms with van der Waals surface area (Å²) in [6.07, 6.45) is 2.02. The van der Waals surface area contributed by atoms with Gasteiger partial charge in [-0.2, -0.15) is 9.36 Å². The van der Waals surface area contributed by atoms with E-state index < -0.39 is 0 Å². The van der Waals surface area contributed by atoms with E-state index in [-0.39, 0.29) is 17.2 Å². The minimum atomic E-state index is -0.280. The van der Waals surface area contributed by atoms with Crippen LogP contribution in [0.25, 0.3) is 11.4 Å². The van der Waals surface area contributed by atoms with Crippen LogP contribution in [0, 0.1) is 5.82 Å². The predicted molar refractivity (Wildman–Crippen MR) is 102 cm³/mol. The van der Waals surface area contributed by atoms with E-state index in [0.29, 0.717) is 11.7 Å². The summed E-state index contributed by atoms with van der Waals surface area (Å²) in [5.41, 5.74) is 0.693. The average Bonchev–Trinajstić information content (AvgIpc) is 3.32. The zero-order valence-electron chi connectivity index (χ0n) is 15.6. The normalized spacial score (nSPS) is 18.1. The van der Waals surface area contributed by atoms with Crippen molar-refractivity contribution in [3.63, 3.8) is 0 Å². The molecule has 1 saturated heterocycles. The lowest BCUT2D eigenvalue weighted by molar-refractivity contribution is 0.333. The number of benzene rings is 1. The fraction of sp³-hybridized carbons (Fsp3) is 0.474. The van der Waals surface area contributed by atoms with E-state index in [1.807, 2.05) is 0 Å². The SMILES string of the molecule is CC(C)(C)c1nsc(N2CCCC(c3nc(-c4ccc(F)cc4)no3)C2)n1. The molecule has 142 valence electrons. The summed E-state index contributed by atoms with van der Waals surface area (Å²) in [7, 11) is 0. The Labute approximate surface area is 161 Å². The zero-order valence-corrected chi connectivity index (χ0v) is 16.5. The van der Waals surface area contributed by atoms with E-state index in [0.717, 1.165) is 42.5 Å².